The van der Waals surface area contributed by atoms with E-state index in [9.17, 15) is 13.2 Å². The summed E-state index contributed by atoms with van der Waals surface area (Å²) in [7, 11) is -0.937. The van der Waals surface area contributed by atoms with Gasteiger partial charge in [-0.3, -0.25) is 9.52 Å². The van der Waals surface area contributed by atoms with Crippen molar-refractivity contribution in [2.45, 2.75) is 18.7 Å². The largest absolute Gasteiger partial charge is 0.496 e. The number of hydrogen-bond donors (Lipinski definition) is 2. The van der Waals surface area contributed by atoms with Crippen LogP contribution in [-0.4, -0.2) is 28.5 Å². The van der Waals surface area contributed by atoms with Gasteiger partial charge in [0.15, 0.2) is 0 Å². The number of nitrogens with one attached hydrogen (secondary N) is 2. The fraction of sp³-hybridized carbons (Fsp3) is 0.235. The summed E-state index contributed by atoms with van der Waals surface area (Å²) in [5.74, 6) is -0.115. The molecule has 128 valence electrons. The van der Waals surface area contributed by atoms with Gasteiger partial charge in [0.2, 0.25) is 0 Å². The molecule has 0 saturated heterocycles. The molecule has 0 aliphatic carbocycles. The summed E-state index contributed by atoms with van der Waals surface area (Å²) < 4.78 is 33.0. The molecular weight excluding hydrogens is 328 g/mol. The standard InChI is InChI=1S/C17H20N2O4S/c1-11-6-5-7-15(12(11)2)19-24(21,22)13-8-9-16(23-4)14(10-13)17(20)18-3/h5-10,19H,1-4H3,(H,18,20). The maximum atomic E-state index is 12.6. The van der Waals surface area contributed by atoms with E-state index in [0.717, 1.165) is 11.1 Å². The molecule has 0 aromatic heterocycles. The monoisotopic (exact) mass is 348 g/mol. The van der Waals surface area contributed by atoms with Crippen molar-refractivity contribution in [2.75, 3.05) is 18.9 Å². The van der Waals surface area contributed by atoms with Crippen molar-refractivity contribution in [2.24, 2.45) is 0 Å². The number of carbonyl (C=O) groups excluding carboxylic acids is 1. The number of anilines is 1. The molecule has 2 N–H and O–H groups in total. The Kier molecular flexibility index (Phi) is 5.14. The number of aryl methyl sites for hydroxylation is 1. The van der Waals surface area contributed by atoms with E-state index in [1.165, 1.54) is 32.4 Å². The van der Waals surface area contributed by atoms with Crippen LogP contribution in [0.1, 0.15) is 21.5 Å². The molecule has 0 atom stereocenters. The summed E-state index contributed by atoms with van der Waals surface area (Å²) in [6, 6.07) is 9.55. The van der Waals surface area contributed by atoms with Gasteiger partial charge in [-0.15, -0.1) is 0 Å². The van der Waals surface area contributed by atoms with Gasteiger partial charge in [-0.25, -0.2) is 8.42 Å². The highest BCUT2D eigenvalue weighted by atomic mass is 32.2. The van der Waals surface area contributed by atoms with E-state index < -0.39 is 15.9 Å². The van der Waals surface area contributed by atoms with Gasteiger partial charge in [0, 0.05) is 7.05 Å². The lowest BCUT2D eigenvalue weighted by Gasteiger charge is -2.14. The predicted octanol–water partition coefficient (Wildman–Crippen LogP) is 2.47. The lowest BCUT2D eigenvalue weighted by molar-refractivity contribution is 0.0960. The lowest BCUT2D eigenvalue weighted by atomic mass is 10.1. The minimum Gasteiger partial charge on any atom is -0.496 e. The molecule has 0 bridgehead atoms. The molecule has 2 rings (SSSR count). The van der Waals surface area contributed by atoms with Gasteiger partial charge in [0.25, 0.3) is 15.9 Å². The van der Waals surface area contributed by atoms with Crippen molar-refractivity contribution in [3.05, 3.63) is 53.1 Å². The number of benzene rings is 2. The molecule has 2 aromatic carbocycles. The number of carbonyl (C=O) groups is 1. The number of hydrogen-bond acceptors (Lipinski definition) is 4. The van der Waals surface area contributed by atoms with Crippen molar-refractivity contribution in [3.8, 4) is 5.75 Å². The zero-order valence-electron chi connectivity index (χ0n) is 14.0. The zero-order valence-corrected chi connectivity index (χ0v) is 14.8. The number of rotatable bonds is 5. The van der Waals surface area contributed by atoms with E-state index in [-0.39, 0.29) is 10.5 Å². The highest BCUT2D eigenvalue weighted by Gasteiger charge is 2.20. The van der Waals surface area contributed by atoms with Gasteiger partial charge in [0.1, 0.15) is 5.75 Å². The molecule has 0 radical (unpaired) electrons. The summed E-state index contributed by atoms with van der Waals surface area (Å²) >= 11 is 0. The average molecular weight is 348 g/mol. The fourth-order valence-electron chi connectivity index (χ4n) is 2.23. The molecule has 7 heteroatoms. The maximum absolute atomic E-state index is 12.6. The molecule has 2 aromatic rings. The highest BCUT2D eigenvalue weighted by Crippen LogP contribution is 2.26. The Morgan fingerprint density at radius 1 is 1.12 bits per heavy atom. The Bertz CT molecular complexity index is 876. The van der Waals surface area contributed by atoms with Crippen molar-refractivity contribution in [1.29, 1.82) is 0 Å². The van der Waals surface area contributed by atoms with Crippen LogP contribution in [0.2, 0.25) is 0 Å². The summed E-state index contributed by atoms with van der Waals surface area (Å²) in [6.07, 6.45) is 0. The molecule has 0 aliphatic heterocycles. The Hall–Kier alpha value is -2.54. The van der Waals surface area contributed by atoms with Gasteiger partial charge < -0.3 is 10.1 Å². The van der Waals surface area contributed by atoms with Gasteiger partial charge >= 0.3 is 0 Å². The summed E-state index contributed by atoms with van der Waals surface area (Å²) in [6.45, 7) is 3.75. The van der Waals surface area contributed by atoms with Crippen LogP contribution in [0.25, 0.3) is 0 Å². The smallest absolute Gasteiger partial charge is 0.261 e. The first kappa shape index (κ1) is 17.8. The van der Waals surface area contributed by atoms with Crippen molar-refractivity contribution >= 4 is 21.6 Å². The number of amides is 1. The Morgan fingerprint density at radius 2 is 1.83 bits per heavy atom. The van der Waals surface area contributed by atoms with Crippen LogP contribution in [0.5, 0.6) is 5.75 Å². The molecule has 0 heterocycles. The third-order valence-corrected chi connectivity index (χ3v) is 5.17. The van der Waals surface area contributed by atoms with E-state index in [1.54, 1.807) is 12.1 Å². The molecule has 0 unspecified atom stereocenters. The minimum absolute atomic E-state index is 0.0113. The average Bonchev–Trinajstić information content (AvgIpc) is 2.57. The summed E-state index contributed by atoms with van der Waals surface area (Å²) in [5, 5.41) is 2.47. The van der Waals surface area contributed by atoms with Gasteiger partial charge in [-0.1, -0.05) is 12.1 Å². The molecule has 24 heavy (non-hydrogen) atoms. The van der Waals surface area contributed by atoms with Crippen LogP contribution < -0.4 is 14.8 Å². The molecule has 0 spiro atoms. The number of ether oxygens (including phenoxy) is 1. The van der Waals surface area contributed by atoms with Crippen LogP contribution in [0.15, 0.2) is 41.3 Å². The quantitative estimate of drug-likeness (QED) is 0.869. The Labute approximate surface area is 141 Å². The van der Waals surface area contributed by atoms with Crippen LogP contribution >= 0.6 is 0 Å². The van der Waals surface area contributed by atoms with Crippen LogP contribution in [0.4, 0.5) is 5.69 Å². The highest BCUT2D eigenvalue weighted by molar-refractivity contribution is 7.92. The second kappa shape index (κ2) is 6.92. The molecule has 0 aliphatic rings. The van der Waals surface area contributed by atoms with Gasteiger partial charge in [-0.2, -0.15) is 0 Å². The molecular formula is C17H20N2O4S. The topological polar surface area (TPSA) is 84.5 Å². The van der Waals surface area contributed by atoms with Crippen molar-refractivity contribution < 1.29 is 17.9 Å². The fourth-order valence-corrected chi connectivity index (χ4v) is 3.38. The molecule has 6 nitrogen and oxygen atoms in total. The predicted molar refractivity (Wildman–Crippen MR) is 93.1 cm³/mol. The van der Waals surface area contributed by atoms with Gasteiger partial charge in [-0.05, 0) is 49.2 Å². The third-order valence-electron chi connectivity index (χ3n) is 3.80. The first-order chi connectivity index (χ1) is 11.3. The van der Waals surface area contributed by atoms with E-state index >= 15 is 0 Å². The first-order valence-electron chi connectivity index (χ1n) is 7.29. The summed E-state index contributed by atoms with van der Waals surface area (Å²) in [5.41, 5.74) is 2.49. The number of sulfonamides is 1. The normalized spacial score (nSPS) is 11.0. The first-order valence-corrected chi connectivity index (χ1v) is 8.77. The van der Waals surface area contributed by atoms with Crippen LogP contribution in [-0.2, 0) is 10.0 Å². The number of methoxy groups -OCH3 is 1. The second-order valence-corrected chi connectivity index (χ2v) is 6.98. The minimum atomic E-state index is -3.83. The van der Waals surface area contributed by atoms with E-state index in [0.29, 0.717) is 11.4 Å². The van der Waals surface area contributed by atoms with Crippen LogP contribution in [0, 0.1) is 13.8 Å². The third kappa shape index (κ3) is 3.51. The second-order valence-electron chi connectivity index (χ2n) is 5.29. The molecule has 0 saturated carbocycles. The lowest BCUT2D eigenvalue weighted by Crippen LogP contribution is -2.20. The van der Waals surface area contributed by atoms with E-state index in [2.05, 4.69) is 10.0 Å². The molecule has 0 fully saturated rings. The summed E-state index contributed by atoms with van der Waals surface area (Å²) in [4.78, 5) is 11.9. The van der Waals surface area contributed by atoms with Crippen molar-refractivity contribution in [3.63, 3.8) is 0 Å². The SMILES string of the molecule is CNC(=O)c1cc(S(=O)(=O)Nc2cccc(C)c2C)ccc1OC. The Balaban J connectivity index is 2.46. The van der Waals surface area contributed by atoms with Crippen molar-refractivity contribution in [1.82, 2.24) is 5.32 Å². The van der Waals surface area contributed by atoms with Gasteiger partial charge in [0.05, 0.1) is 23.3 Å². The Morgan fingerprint density at radius 3 is 2.46 bits per heavy atom. The molecule has 1 amide bonds. The van der Waals surface area contributed by atoms with E-state index in [1.807, 2.05) is 19.9 Å². The van der Waals surface area contributed by atoms with Crippen LogP contribution in [0.3, 0.4) is 0 Å². The maximum Gasteiger partial charge on any atom is 0.261 e. The van der Waals surface area contributed by atoms with E-state index in [4.69, 9.17) is 4.74 Å². The zero-order chi connectivity index (χ0) is 17.9.